The third-order valence-corrected chi connectivity index (χ3v) is 2.00. The van der Waals surface area contributed by atoms with E-state index in [4.69, 9.17) is 5.73 Å². The zero-order valence-electron chi connectivity index (χ0n) is 6.10. The number of nitrogens with two attached hydrogens (primary N) is 1. The Hall–Kier alpha value is -0.570. The monoisotopic (exact) mass is 142 g/mol. The van der Waals surface area contributed by atoms with Crippen LogP contribution in [-0.4, -0.2) is 19.0 Å². The van der Waals surface area contributed by atoms with E-state index in [-0.39, 0.29) is 12.5 Å². The molecule has 0 heterocycles. The van der Waals surface area contributed by atoms with E-state index in [1.165, 1.54) is 19.3 Å². The lowest BCUT2D eigenvalue weighted by Gasteiger charge is -2.25. The Balaban J connectivity index is 1.98. The first-order chi connectivity index (χ1) is 4.83. The molecule has 1 aliphatic rings. The molecule has 1 aliphatic carbocycles. The van der Waals surface area contributed by atoms with Gasteiger partial charge in [0.25, 0.3) is 0 Å². The number of carbonyl (C=O) groups is 1. The molecule has 1 saturated carbocycles. The van der Waals surface area contributed by atoms with Crippen molar-refractivity contribution in [3.63, 3.8) is 0 Å². The molecule has 0 spiro atoms. The van der Waals surface area contributed by atoms with Crippen molar-refractivity contribution >= 4 is 5.91 Å². The molecule has 3 nitrogen and oxygen atoms in total. The summed E-state index contributed by atoms with van der Waals surface area (Å²) in [6, 6.07) is 0. The minimum Gasteiger partial charge on any atom is -0.355 e. The molecule has 3 N–H and O–H groups in total. The summed E-state index contributed by atoms with van der Waals surface area (Å²) in [5.41, 5.74) is 5.11. The molecule has 1 fully saturated rings. The van der Waals surface area contributed by atoms with Gasteiger partial charge in [-0.15, -0.1) is 0 Å². The van der Waals surface area contributed by atoms with Crippen LogP contribution in [0.1, 0.15) is 19.3 Å². The summed E-state index contributed by atoms with van der Waals surface area (Å²) >= 11 is 0. The van der Waals surface area contributed by atoms with Gasteiger partial charge in [0, 0.05) is 6.54 Å². The van der Waals surface area contributed by atoms with E-state index < -0.39 is 0 Å². The number of carbonyl (C=O) groups excluding carboxylic acids is 1. The highest BCUT2D eigenvalue weighted by Crippen LogP contribution is 2.24. The topological polar surface area (TPSA) is 55.1 Å². The third-order valence-electron chi connectivity index (χ3n) is 2.00. The Morgan fingerprint density at radius 2 is 2.30 bits per heavy atom. The summed E-state index contributed by atoms with van der Waals surface area (Å²) in [5.74, 6) is 0.697. The molecule has 0 radical (unpaired) electrons. The van der Waals surface area contributed by atoms with Crippen molar-refractivity contribution in [1.29, 1.82) is 0 Å². The standard InChI is InChI=1S/C7H14N2O/c8-4-7(10)9-5-6-2-1-3-6/h6H,1-5,8H2,(H,9,10). The third kappa shape index (κ3) is 1.99. The molecule has 0 aromatic carbocycles. The normalized spacial score (nSPS) is 18.1. The predicted molar refractivity (Wildman–Crippen MR) is 39.4 cm³/mol. The number of nitrogens with one attached hydrogen (secondary N) is 1. The second-order valence-corrected chi connectivity index (χ2v) is 2.81. The van der Waals surface area contributed by atoms with Gasteiger partial charge in [-0.3, -0.25) is 4.79 Å². The fourth-order valence-corrected chi connectivity index (χ4v) is 1.03. The van der Waals surface area contributed by atoms with Gasteiger partial charge in [0.1, 0.15) is 0 Å². The lowest BCUT2D eigenvalue weighted by atomic mass is 9.85. The maximum absolute atomic E-state index is 10.6. The molecule has 0 bridgehead atoms. The van der Waals surface area contributed by atoms with Crippen molar-refractivity contribution in [1.82, 2.24) is 5.32 Å². The predicted octanol–water partition coefficient (Wildman–Crippen LogP) is -0.139. The van der Waals surface area contributed by atoms with Crippen molar-refractivity contribution < 1.29 is 4.79 Å². The van der Waals surface area contributed by atoms with Crippen LogP contribution in [0, 0.1) is 5.92 Å². The Kier molecular flexibility index (Phi) is 2.68. The molecule has 10 heavy (non-hydrogen) atoms. The van der Waals surface area contributed by atoms with Gasteiger partial charge in [0.15, 0.2) is 0 Å². The average molecular weight is 142 g/mol. The van der Waals surface area contributed by atoms with Gasteiger partial charge in [-0.2, -0.15) is 0 Å². The second kappa shape index (κ2) is 3.56. The van der Waals surface area contributed by atoms with E-state index >= 15 is 0 Å². The van der Waals surface area contributed by atoms with Gasteiger partial charge < -0.3 is 11.1 Å². The number of hydrogen-bond acceptors (Lipinski definition) is 2. The van der Waals surface area contributed by atoms with Crippen molar-refractivity contribution in [2.24, 2.45) is 11.7 Å². The molecule has 1 amide bonds. The van der Waals surface area contributed by atoms with E-state index in [1.807, 2.05) is 0 Å². The molecule has 0 atom stereocenters. The van der Waals surface area contributed by atoms with Crippen LogP contribution in [0.25, 0.3) is 0 Å². The lowest BCUT2D eigenvalue weighted by Crippen LogP contribution is -2.35. The van der Waals surface area contributed by atoms with Crippen LogP contribution < -0.4 is 11.1 Å². The van der Waals surface area contributed by atoms with Gasteiger partial charge in [-0.1, -0.05) is 6.42 Å². The number of rotatable bonds is 3. The molecular formula is C7H14N2O. The summed E-state index contributed by atoms with van der Waals surface area (Å²) in [5, 5.41) is 2.77. The molecule has 3 heteroatoms. The second-order valence-electron chi connectivity index (χ2n) is 2.81. The Labute approximate surface area is 61.0 Å². The first-order valence-electron chi connectivity index (χ1n) is 3.79. The number of amides is 1. The lowest BCUT2D eigenvalue weighted by molar-refractivity contribution is -0.120. The Morgan fingerprint density at radius 1 is 1.60 bits per heavy atom. The van der Waals surface area contributed by atoms with Crippen molar-refractivity contribution in [3.8, 4) is 0 Å². The SMILES string of the molecule is NCC(=O)NCC1CCC1. The number of hydrogen-bond donors (Lipinski definition) is 2. The van der Waals surface area contributed by atoms with Gasteiger partial charge >= 0.3 is 0 Å². The first-order valence-corrected chi connectivity index (χ1v) is 3.79. The van der Waals surface area contributed by atoms with Crippen LogP contribution in [0.2, 0.25) is 0 Å². The van der Waals surface area contributed by atoms with Crippen LogP contribution in [0.4, 0.5) is 0 Å². The fourth-order valence-electron chi connectivity index (χ4n) is 1.03. The summed E-state index contributed by atoms with van der Waals surface area (Å²) < 4.78 is 0. The van der Waals surface area contributed by atoms with Gasteiger partial charge in [0.05, 0.1) is 6.54 Å². The van der Waals surface area contributed by atoms with Crippen LogP contribution in [0.15, 0.2) is 0 Å². The van der Waals surface area contributed by atoms with E-state index in [0.29, 0.717) is 0 Å². The van der Waals surface area contributed by atoms with Gasteiger partial charge in [-0.05, 0) is 18.8 Å². The molecule has 1 rings (SSSR count). The quantitative estimate of drug-likeness (QED) is 0.576. The molecule has 0 aliphatic heterocycles. The van der Waals surface area contributed by atoms with Gasteiger partial charge in [-0.25, -0.2) is 0 Å². The summed E-state index contributed by atoms with van der Waals surface area (Å²) in [4.78, 5) is 10.6. The van der Waals surface area contributed by atoms with Crippen molar-refractivity contribution in [2.75, 3.05) is 13.1 Å². The van der Waals surface area contributed by atoms with E-state index in [1.54, 1.807) is 0 Å². The zero-order valence-corrected chi connectivity index (χ0v) is 6.10. The van der Waals surface area contributed by atoms with Crippen LogP contribution in [0.5, 0.6) is 0 Å². The average Bonchev–Trinajstić information content (AvgIpc) is 1.84. The molecule has 0 aromatic rings. The summed E-state index contributed by atoms with van der Waals surface area (Å²) in [7, 11) is 0. The maximum atomic E-state index is 10.6. The molecule has 0 saturated heterocycles. The molecule has 58 valence electrons. The first kappa shape index (κ1) is 7.54. The molecular weight excluding hydrogens is 128 g/mol. The fraction of sp³-hybridized carbons (Fsp3) is 0.857. The van der Waals surface area contributed by atoms with E-state index in [0.717, 1.165) is 12.5 Å². The van der Waals surface area contributed by atoms with Crippen LogP contribution in [0.3, 0.4) is 0 Å². The van der Waals surface area contributed by atoms with Crippen molar-refractivity contribution in [3.05, 3.63) is 0 Å². The zero-order chi connectivity index (χ0) is 7.40. The summed E-state index contributed by atoms with van der Waals surface area (Å²) in [6.07, 6.45) is 3.86. The van der Waals surface area contributed by atoms with E-state index in [2.05, 4.69) is 5.32 Å². The van der Waals surface area contributed by atoms with Crippen LogP contribution in [-0.2, 0) is 4.79 Å². The minimum atomic E-state index is -0.0353. The van der Waals surface area contributed by atoms with E-state index in [9.17, 15) is 4.79 Å². The molecule has 0 aromatic heterocycles. The maximum Gasteiger partial charge on any atom is 0.233 e. The van der Waals surface area contributed by atoms with Crippen LogP contribution >= 0.6 is 0 Å². The highest BCUT2D eigenvalue weighted by Gasteiger charge is 2.17. The highest BCUT2D eigenvalue weighted by atomic mass is 16.1. The minimum absolute atomic E-state index is 0.0353. The smallest absolute Gasteiger partial charge is 0.233 e. The Morgan fingerprint density at radius 3 is 2.70 bits per heavy atom. The van der Waals surface area contributed by atoms with Crippen molar-refractivity contribution in [2.45, 2.75) is 19.3 Å². The Bertz CT molecular complexity index is 121. The van der Waals surface area contributed by atoms with Gasteiger partial charge in [0.2, 0.25) is 5.91 Å². The summed E-state index contributed by atoms with van der Waals surface area (Å²) in [6.45, 7) is 0.947. The molecule has 0 unspecified atom stereocenters. The highest BCUT2D eigenvalue weighted by molar-refractivity contribution is 5.77. The largest absolute Gasteiger partial charge is 0.355 e.